The number of urea groups is 1. The van der Waals surface area contributed by atoms with Crippen molar-refractivity contribution in [3.8, 4) is 0 Å². The molecule has 2 aromatic rings. The zero-order valence-corrected chi connectivity index (χ0v) is 17.7. The van der Waals surface area contributed by atoms with Gasteiger partial charge in [0.1, 0.15) is 0 Å². The van der Waals surface area contributed by atoms with Crippen LogP contribution in [0.5, 0.6) is 0 Å². The normalized spacial score (nSPS) is 14.8. The van der Waals surface area contributed by atoms with E-state index in [0.717, 1.165) is 29.9 Å². The molecule has 2 heterocycles. The molecule has 1 fully saturated rings. The maximum Gasteiger partial charge on any atom is 0.323 e. The van der Waals surface area contributed by atoms with Gasteiger partial charge in [-0.25, -0.2) is 9.78 Å². The lowest BCUT2D eigenvalue weighted by molar-refractivity contribution is -0.115. The van der Waals surface area contributed by atoms with Crippen LogP contribution in [0.4, 0.5) is 15.6 Å². The zero-order valence-electron chi connectivity index (χ0n) is 16.8. The fourth-order valence-electron chi connectivity index (χ4n) is 3.35. The number of aromatic nitrogens is 1. The predicted octanol–water partition coefficient (Wildman–Crippen LogP) is 3.03. The van der Waals surface area contributed by atoms with Crippen molar-refractivity contribution in [1.29, 1.82) is 0 Å². The van der Waals surface area contributed by atoms with Crippen molar-refractivity contribution in [2.45, 2.75) is 27.2 Å². The number of thiazole rings is 1. The Morgan fingerprint density at radius 1 is 1.07 bits per heavy atom. The maximum absolute atomic E-state index is 12.4. The lowest BCUT2D eigenvalue weighted by Gasteiger charge is -2.32. The van der Waals surface area contributed by atoms with Crippen molar-refractivity contribution >= 4 is 34.1 Å². The van der Waals surface area contributed by atoms with E-state index in [1.807, 2.05) is 33.2 Å². The first kappa shape index (κ1) is 20.3. The van der Waals surface area contributed by atoms with Gasteiger partial charge in [0, 0.05) is 37.2 Å². The van der Waals surface area contributed by atoms with E-state index in [2.05, 4.69) is 32.7 Å². The lowest BCUT2D eigenvalue weighted by Crippen LogP contribution is -2.48. The number of nitrogens with zero attached hydrogens (tertiary/aromatic N) is 3. The molecule has 0 aliphatic carbocycles. The number of hydrogen-bond donors (Lipinski definition) is 2. The second-order valence-electron chi connectivity index (χ2n) is 7.36. The van der Waals surface area contributed by atoms with Gasteiger partial charge >= 0.3 is 6.03 Å². The number of carbonyl (C=O) groups excluding carboxylic acids is 2. The van der Waals surface area contributed by atoms with Crippen LogP contribution in [0, 0.1) is 20.8 Å². The SMILES string of the molecule is Cc1cc(C)c(NC(=O)Cc2csc(NC(=O)N3CCN(C)CC3)n2)c(C)c1. The second kappa shape index (κ2) is 8.70. The van der Waals surface area contributed by atoms with Gasteiger partial charge in [0.2, 0.25) is 5.91 Å². The van der Waals surface area contributed by atoms with Gasteiger partial charge in [-0.2, -0.15) is 0 Å². The minimum Gasteiger partial charge on any atom is -0.325 e. The van der Waals surface area contributed by atoms with Crippen molar-refractivity contribution < 1.29 is 9.59 Å². The number of carbonyl (C=O) groups is 2. The summed E-state index contributed by atoms with van der Waals surface area (Å²) in [5, 5.41) is 8.16. The van der Waals surface area contributed by atoms with Gasteiger partial charge in [0.25, 0.3) is 0 Å². The van der Waals surface area contributed by atoms with Crippen LogP contribution in [0.15, 0.2) is 17.5 Å². The van der Waals surface area contributed by atoms with Gasteiger partial charge in [-0.1, -0.05) is 17.7 Å². The van der Waals surface area contributed by atoms with Gasteiger partial charge in [0.15, 0.2) is 5.13 Å². The zero-order chi connectivity index (χ0) is 20.3. The highest BCUT2D eigenvalue weighted by atomic mass is 32.1. The molecule has 1 aromatic carbocycles. The molecule has 2 N–H and O–H groups in total. The number of hydrogen-bond acceptors (Lipinski definition) is 5. The summed E-state index contributed by atoms with van der Waals surface area (Å²) in [6.45, 7) is 9.17. The van der Waals surface area contributed by atoms with E-state index < -0.39 is 0 Å². The molecule has 1 aliphatic heterocycles. The Balaban J connectivity index is 1.56. The molecule has 0 radical (unpaired) electrons. The number of nitrogens with one attached hydrogen (secondary N) is 2. The molecule has 3 rings (SSSR count). The molecule has 1 aromatic heterocycles. The van der Waals surface area contributed by atoms with E-state index in [-0.39, 0.29) is 18.4 Å². The fourth-order valence-corrected chi connectivity index (χ4v) is 4.05. The van der Waals surface area contributed by atoms with E-state index in [0.29, 0.717) is 23.9 Å². The third-order valence-electron chi connectivity index (χ3n) is 4.84. The molecule has 28 heavy (non-hydrogen) atoms. The minimum absolute atomic E-state index is 0.114. The smallest absolute Gasteiger partial charge is 0.323 e. The van der Waals surface area contributed by atoms with Gasteiger partial charge in [0.05, 0.1) is 12.1 Å². The van der Waals surface area contributed by atoms with Crippen LogP contribution in [0.3, 0.4) is 0 Å². The van der Waals surface area contributed by atoms with E-state index in [9.17, 15) is 9.59 Å². The van der Waals surface area contributed by atoms with E-state index in [1.165, 1.54) is 16.9 Å². The Morgan fingerprint density at radius 2 is 1.71 bits per heavy atom. The highest BCUT2D eigenvalue weighted by molar-refractivity contribution is 7.13. The number of piperazine rings is 1. The number of rotatable bonds is 4. The lowest BCUT2D eigenvalue weighted by atomic mass is 10.0. The van der Waals surface area contributed by atoms with Crippen molar-refractivity contribution in [1.82, 2.24) is 14.8 Å². The van der Waals surface area contributed by atoms with Crippen LogP contribution in [0.1, 0.15) is 22.4 Å². The molecule has 150 valence electrons. The molecular weight excluding hydrogens is 374 g/mol. The van der Waals surface area contributed by atoms with Crippen molar-refractivity contribution in [3.63, 3.8) is 0 Å². The molecule has 8 heteroatoms. The molecule has 0 saturated carbocycles. The Hall–Kier alpha value is -2.45. The average molecular weight is 402 g/mol. The fraction of sp³-hybridized carbons (Fsp3) is 0.450. The largest absolute Gasteiger partial charge is 0.325 e. The van der Waals surface area contributed by atoms with Gasteiger partial charge in [-0.3, -0.25) is 10.1 Å². The third kappa shape index (κ3) is 5.08. The maximum atomic E-state index is 12.4. The summed E-state index contributed by atoms with van der Waals surface area (Å²) in [5.41, 5.74) is 4.77. The van der Waals surface area contributed by atoms with Crippen LogP contribution in [0.25, 0.3) is 0 Å². The summed E-state index contributed by atoms with van der Waals surface area (Å²) >= 11 is 1.34. The third-order valence-corrected chi connectivity index (χ3v) is 5.65. The van der Waals surface area contributed by atoms with Crippen molar-refractivity contribution in [3.05, 3.63) is 39.9 Å². The first-order valence-corrected chi connectivity index (χ1v) is 10.3. The van der Waals surface area contributed by atoms with Crippen LogP contribution < -0.4 is 10.6 Å². The topological polar surface area (TPSA) is 77.6 Å². The van der Waals surface area contributed by atoms with E-state index in [1.54, 1.807) is 4.90 Å². The molecule has 0 spiro atoms. The Morgan fingerprint density at radius 3 is 2.36 bits per heavy atom. The second-order valence-corrected chi connectivity index (χ2v) is 8.22. The number of amides is 3. The van der Waals surface area contributed by atoms with Gasteiger partial charge in [-0.15, -0.1) is 11.3 Å². The van der Waals surface area contributed by atoms with Crippen LogP contribution in [0.2, 0.25) is 0 Å². The van der Waals surface area contributed by atoms with Gasteiger partial charge < -0.3 is 15.1 Å². The van der Waals surface area contributed by atoms with Crippen LogP contribution >= 0.6 is 11.3 Å². The van der Waals surface area contributed by atoms with Crippen LogP contribution in [-0.4, -0.2) is 59.9 Å². The van der Waals surface area contributed by atoms with Crippen molar-refractivity contribution in [2.24, 2.45) is 0 Å². The highest BCUT2D eigenvalue weighted by Crippen LogP contribution is 2.23. The van der Waals surface area contributed by atoms with E-state index >= 15 is 0 Å². The Labute approximate surface area is 169 Å². The molecule has 0 unspecified atom stereocenters. The summed E-state index contributed by atoms with van der Waals surface area (Å²) in [6, 6.07) is 3.97. The summed E-state index contributed by atoms with van der Waals surface area (Å²) in [6.07, 6.45) is 0.174. The summed E-state index contributed by atoms with van der Waals surface area (Å²) < 4.78 is 0. The molecule has 7 nitrogen and oxygen atoms in total. The first-order chi connectivity index (χ1) is 13.3. The molecule has 1 saturated heterocycles. The monoisotopic (exact) mass is 401 g/mol. The van der Waals surface area contributed by atoms with Crippen LogP contribution in [-0.2, 0) is 11.2 Å². The quantitative estimate of drug-likeness (QED) is 0.826. The molecular formula is C20H27N5O2S. The summed E-state index contributed by atoms with van der Waals surface area (Å²) in [7, 11) is 2.05. The minimum atomic E-state index is -0.135. The Kier molecular flexibility index (Phi) is 6.31. The highest BCUT2D eigenvalue weighted by Gasteiger charge is 2.20. The number of anilines is 2. The first-order valence-electron chi connectivity index (χ1n) is 9.38. The molecule has 0 bridgehead atoms. The Bertz CT molecular complexity index is 848. The van der Waals surface area contributed by atoms with E-state index in [4.69, 9.17) is 0 Å². The standard InChI is InChI=1S/C20H27N5O2S/c1-13-9-14(2)18(15(3)10-13)22-17(26)11-16-12-28-19(21-16)23-20(27)25-7-5-24(4)6-8-25/h9-10,12H,5-8,11H2,1-4H3,(H,22,26)(H,21,23,27). The molecule has 0 atom stereocenters. The summed E-state index contributed by atoms with van der Waals surface area (Å²) in [5.74, 6) is -0.114. The number of aryl methyl sites for hydroxylation is 3. The molecule has 1 aliphatic rings. The van der Waals surface area contributed by atoms with Gasteiger partial charge in [-0.05, 0) is 38.9 Å². The molecule has 3 amide bonds. The number of likely N-dealkylation sites (N-methyl/N-ethyl adjacent to an activating group) is 1. The predicted molar refractivity (Wildman–Crippen MR) is 113 cm³/mol. The average Bonchev–Trinajstić information content (AvgIpc) is 3.05. The van der Waals surface area contributed by atoms with Crippen molar-refractivity contribution in [2.75, 3.05) is 43.9 Å². The summed E-state index contributed by atoms with van der Waals surface area (Å²) in [4.78, 5) is 33.1. The number of benzene rings is 1.